The topological polar surface area (TPSA) is 37.3 Å². The van der Waals surface area contributed by atoms with Crippen molar-refractivity contribution >= 4 is 8.03 Å². The fourth-order valence-corrected chi connectivity index (χ4v) is 3.29. The minimum Gasteiger partial charge on any atom is -0.161 e. The normalized spacial score (nSPS) is 11.3. The van der Waals surface area contributed by atoms with E-state index in [1.165, 1.54) is 89.9 Å². The zero-order chi connectivity index (χ0) is 15.6. The molecule has 0 aliphatic carbocycles. The quantitative estimate of drug-likeness (QED) is 0.187. The predicted molar refractivity (Wildman–Crippen MR) is 94.2 cm³/mol. The molecule has 1 unspecified atom stereocenters. The van der Waals surface area contributed by atoms with Crippen LogP contribution in [0.1, 0.15) is 110 Å². The monoisotopic (exact) mass is 459 g/mol. The Balaban J connectivity index is 0. The van der Waals surface area contributed by atoms with E-state index in [4.69, 9.17) is 4.89 Å². The molecule has 0 aliphatic heterocycles. The summed E-state index contributed by atoms with van der Waals surface area (Å²) in [5.74, 6) is 0. The van der Waals surface area contributed by atoms with Gasteiger partial charge in [0, 0.05) is 40.8 Å². The summed E-state index contributed by atoms with van der Waals surface area (Å²) >= 11 is 0. The van der Waals surface area contributed by atoms with E-state index in [9.17, 15) is 4.57 Å². The first-order valence-corrected chi connectivity index (χ1v) is 10.8. The molecule has 0 bridgehead atoms. The van der Waals surface area contributed by atoms with Gasteiger partial charge in [-0.3, -0.25) is 0 Å². The van der Waals surface area contributed by atoms with Crippen LogP contribution in [0.4, 0.5) is 0 Å². The number of hydrogen-bond donors (Lipinski definition) is 1. The summed E-state index contributed by atoms with van der Waals surface area (Å²) in [4.78, 5) is 8.68. The molecule has 0 aromatic carbocycles. The van der Waals surface area contributed by atoms with Crippen LogP contribution in [-0.2, 0) is 4.57 Å². The van der Waals surface area contributed by atoms with E-state index < -0.39 is 8.03 Å². The Morgan fingerprint density at radius 2 is 0.864 bits per heavy atom. The summed E-state index contributed by atoms with van der Waals surface area (Å²) in [5.41, 5.74) is 0. The van der Waals surface area contributed by atoms with E-state index in [0.29, 0.717) is 6.16 Å². The molecular formula is C18H38NdO2P+. The Morgan fingerprint density at radius 1 is 0.591 bits per heavy atom. The molecule has 0 fully saturated rings. The van der Waals surface area contributed by atoms with Crippen molar-refractivity contribution in [2.24, 2.45) is 0 Å². The van der Waals surface area contributed by atoms with Gasteiger partial charge in [-0.1, -0.05) is 96.8 Å². The van der Waals surface area contributed by atoms with Crippen LogP contribution in [0.3, 0.4) is 0 Å². The maximum Gasteiger partial charge on any atom is 0.505 e. The second-order valence-corrected chi connectivity index (χ2v) is 7.53. The fraction of sp³-hybridized carbons (Fsp3) is 1.00. The molecule has 0 radical (unpaired) electrons. The van der Waals surface area contributed by atoms with Crippen molar-refractivity contribution in [3.05, 3.63) is 0 Å². The molecule has 0 spiro atoms. The second kappa shape index (κ2) is 22.4. The van der Waals surface area contributed by atoms with Crippen molar-refractivity contribution in [3.8, 4) is 0 Å². The second-order valence-electron chi connectivity index (χ2n) is 6.38. The van der Waals surface area contributed by atoms with Gasteiger partial charge >= 0.3 is 8.03 Å². The minimum absolute atomic E-state index is 0. The Bertz CT molecular complexity index is 225. The Labute approximate surface area is 173 Å². The zero-order valence-corrected chi connectivity index (χ0v) is 18.9. The SMILES string of the molecule is CCCCCCCCCCCCCCCCCC[P+](=O)O.[Nd]. The van der Waals surface area contributed by atoms with E-state index in [-0.39, 0.29) is 40.8 Å². The van der Waals surface area contributed by atoms with Crippen LogP contribution in [0.2, 0.25) is 0 Å². The summed E-state index contributed by atoms with van der Waals surface area (Å²) in [6.07, 6.45) is 22.0. The third-order valence-corrected chi connectivity index (χ3v) is 4.90. The molecular weight excluding hydrogens is 423 g/mol. The number of rotatable bonds is 17. The number of unbranched alkanes of at least 4 members (excludes halogenated alkanes) is 15. The van der Waals surface area contributed by atoms with Crippen LogP contribution in [0.15, 0.2) is 0 Å². The maximum absolute atomic E-state index is 10.5. The van der Waals surface area contributed by atoms with Crippen molar-refractivity contribution < 1.29 is 50.3 Å². The zero-order valence-electron chi connectivity index (χ0n) is 14.8. The molecule has 0 rings (SSSR count). The summed E-state index contributed by atoms with van der Waals surface area (Å²) in [6, 6.07) is 0. The molecule has 0 aliphatic rings. The van der Waals surface area contributed by atoms with Gasteiger partial charge in [0.2, 0.25) is 0 Å². The molecule has 0 aromatic heterocycles. The molecule has 2 nitrogen and oxygen atoms in total. The summed E-state index contributed by atoms with van der Waals surface area (Å²) in [5, 5.41) is 0. The Kier molecular flexibility index (Phi) is 26.1. The molecule has 0 aromatic rings. The number of hydrogen-bond acceptors (Lipinski definition) is 1. The maximum atomic E-state index is 10.5. The minimum atomic E-state index is -1.89. The van der Waals surface area contributed by atoms with Crippen molar-refractivity contribution in [1.82, 2.24) is 0 Å². The average molecular weight is 462 g/mol. The van der Waals surface area contributed by atoms with Crippen molar-refractivity contribution in [2.45, 2.75) is 110 Å². The van der Waals surface area contributed by atoms with E-state index in [0.717, 1.165) is 12.8 Å². The molecule has 0 saturated heterocycles. The molecule has 0 heterocycles. The third-order valence-electron chi connectivity index (χ3n) is 4.20. The molecule has 22 heavy (non-hydrogen) atoms. The van der Waals surface area contributed by atoms with Gasteiger partial charge in [-0.15, -0.1) is 0 Å². The fourth-order valence-electron chi connectivity index (χ4n) is 2.80. The molecule has 4 heteroatoms. The van der Waals surface area contributed by atoms with Crippen LogP contribution in [0.5, 0.6) is 0 Å². The van der Waals surface area contributed by atoms with Crippen molar-refractivity contribution in [2.75, 3.05) is 6.16 Å². The van der Waals surface area contributed by atoms with Gasteiger partial charge in [-0.2, -0.15) is 4.89 Å². The van der Waals surface area contributed by atoms with Gasteiger partial charge in [-0.25, -0.2) is 0 Å². The summed E-state index contributed by atoms with van der Waals surface area (Å²) in [7, 11) is -1.89. The van der Waals surface area contributed by atoms with Gasteiger partial charge in [0.25, 0.3) is 0 Å². The largest absolute Gasteiger partial charge is 0.505 e. The van der Waals surface area contributed by atoms with Gasteiger partial charge < -0.3 is 0 Å². The van der Waals surface area contributed by atoms with Gasteiger partial charge in [-0.05, 0) is 17.4 Å². The molecule has 130 valence electrons. The first kappa shape index (κ1) is 25.6. The Hall–Kier alpha value is 1.41. The predicted octanol–water partition coefficient (Wildman–Crippen LogP) is 6.98. The van der Waals surface area contributed by atoms with E-state index in [1.54, 1.807) is 0 Å². The summed E-state index contributed by atoms with van der Waals surface area (Å²) < 4.78 is 10.5. The smallest absolute Gasteiger partial charge is 0.161 e. The molecule has 0 saturated carbocycles. The summed E-state index contributed by atoms with van der Waals surface area (Å²) in [6.45, 7) is 2.28. The van der Waals surface area contributed by atoms with Crippen LogP contribution < -0.4 is 0 Å². The van der Waals surface area contributed by atoms with Crippen molar-refractivity contribution in [3.63, 3.8) is 0 Å². The van der Waals surface area contributed by atoms with Crippen LogP contribution >= 0.6 is 8.03 Å². The van der Waals surface area contributed by atoms with E-state index in [1.807, 2.05) is 0 Å². The van der Waals surface area contributed by atoms with Crippen molar-refractivity contribution in [1.29, 1.82) is 0 Å². The average Bonchev–Trinajstić information content (AvgIpc) is 2.46. The van der Waals surface area contributed by atoms with Gasteiger partial charge in [0.15, 0.2) is 6.16 Å². The van der Waals surface area contributed by atoms with Crippen LogP contribution in [-0.4, -0.2) is 11.1 Å². The first-order valence-electron chi connectivity index (χ1n) is 9.41. The Morgan fingerprint density at radius 3 is 1.14 bits per heavy atom. The molecule has 1 N–H and O–H groups in total. The molecule has 0 amide bonds. The third kappa shape index (κ3) is 23.7. The molecule has 1 atom stereocenters. The van der Waals surface area contributed by atoms with Gasteiger partial charge in [0.1, 0.15) is 0 Å². The van der Waals surface area contributed by atoms with Gasteiger partial charge in [0.05, 0.1) is 0 Å². The van der Waals surface area contributed by atoms with Crippen LogP contribution in [0.25, 0.3) is 0 Å². The van der Waals surface area contributed by atoms with Crippen LogP contribution in [0, 0.1) is 40.8 Å². The standard InChI is InChI=1S/C18H37O2P.Nd/c1-2-3-4-5-6-7-8-9-10-11-12-13-14-15-16-17-18-21(19)20;/h2-18H2,1H3;/p+1. The van der Waals surface area contributed by atoms with E-state index in [2.05, 4.69) is 6.92 Å². The first-order chi connectivity index (χ1) is 10.3. The van der Waals surface area contributed by atoms with E-state index >= 15 is 0 Å².